The van der Waals surface area contributed by atoms with Crippen molar-refractivity contribution in [1.82, 2.24) is 10.6 Å². The van der Waals surface area contributed by atoms with Crippen molar-refractivity contribution in [3.8, 4) is 0 Å². The molecule has 1 aliphatic heterocycles. The molecule has 1 aromatic rings. The van der Waals surface area contributed by atoms with Gasteiger partial charge >= 0.3 is 12.1 Å². The fourth-order valence-corrected chi connectivity index (χ4v) is 2.12. The largest absolute Gasteiger partial charge is 0.442 e. The van der Waals surface area contributed by atoms with E-state index < -0.39 is 0 Å². The first kappa shape index (κ1) is 12.8. The van der Waals surface area contributed by atoms with E-state index in [9.17, 15) is 9.59 Å². The van der Waals surface area contributed by atoms with Crippen molar-refractivity contribution < 1.29 is 14.3 Å². The van der Waals surface area contributed by atoms with Crippen LogP contribution in [0.3, 0.4) is 0 Å². The van der Waals surface area contributed by atoms with Crippen molar-refractivity contribution in [3.05, 3.63) is 30.3 Å². The first-order chi connectivity index (χ1) is 9.72. The maximum atomic E-state index is 11.8. The third-order valence-corrected chi connectivity index (χ3v) is 3.34. The molecule has 0 spiro atoms. The second kappa shape index (κ2) is 5.40. The summed E-state index contributed by atoms with van der Waals surface area (Å²) in [6, 6.07) is 9.48. The van der Waals surface area contributed by atoms with Gasteiger partial charge in [0.2, 0.25) is 0 Å². The van der Waals surface area contributed by atoms with Gasteiger partial charge < -0.3 is 15.4 Å². The zero-order valence-electron chi connectivity index (χ0n) is 11.0. The number of anilines is 1. The predicted molar refractivity (Wildman–Crippen MR) is 73.6 cm³/mol. The Labute approximate surface area is 117 Å². The first-order valence-electron chi connectivity index (χ1n) is 6.80. The lowest BCUT2D eigenvalue weighted by Crippen LogP contribution is -2.41. The molecule has 1 aromatic carbocycles. The Morgan fingerprint density at radius 2 is 2.05 bits per heavy atom. The van der Waals surface area contributed by atoms with Gasteiger partial charge in [-0.2, -0.15) is 0 Å². The fraction of sp³-hybridized carbons (Fsp3) is 0.429. The molecule has 1 heterocycles. The number of para-hydroxylation sites is 1. The average molecular weight is 275 g/mol. The van der Waals surface area contributed by atoms with E-state index in [0.29, 0.717) is 19.1 Å². The smallest absolute Gasteiger partial charge is 0.414 e. The molecule has 1 aliphatic carbocycles. The summed E-state index contributed by atoms with van der Waals surface area (Å²) >= 11 is 0. The van der Waals surface area contributed by atoms with E-state index in [4.69, 9.17) is 4.74 Å². The number of ether oxygens (including phenoxy) is 1. The minimum absolute atomic E-state index is 0.193. The Morgan fingerprint density at radius 3 is 2.75 bits per heavy atom. The number of nitrogens with zero attached hydrogens (tertiary/aromatic N) is 1. The van der Waals surface area contributed by atoms with Gasteiger partial charge in [-0.05, 0) is 25.0 Å². The fourth-order valence-electron chi connectivity index (χ4n) is 2.12. The number of hydrogen-bond acceptors (Lipinski definition) is 3. The van der Waals surface area contributed by atoms with Crippen LogP contribution in [0.15, 0.2) is 30.3 Å². The summed E-state index contributed by atoms with van der Waals surface area (Å²) < 4.78 is 5.24. The molecule has 2 N–H and O–H groups in total. The summed E-state index contributed by atoms with van der Waals surface area (Å²) in [5, 5.41) is 5.56. The number of carbonyl (C=O) groups is 2. The van der Waals surface area contributed by atoms with Gasteiger partial charge in [-0.25, -0.2) is 9.59 Å². The number of rotatable bonds is 4. The molecule has 0 bridgehead atoms. The molecule has 20 heavy (non-hydrogen) atoms. The molecule has 3 rings (SSSR count). The second-order valence-electron chi connectivity index (χ2n) is 5.08. The van der Waals surface area contributed by atoms with Crippen LogP contribution in [0.4, 0.5) is 15.3 Å². The number of carbonyl (C=O) groups excluding carboxylic acids is 2. The standard InChI is InChI=1S/C14H17N3O3/c18-13(16-10-6-7-10)15-8-12-9-17(14(19)20-12)11-4-2-1-3-5-11/h1-5,10,12H,6-9H2,(H2,15,16,18). The van der Waals surface area contributed by atoms with Crippen LogP contribution < -0.4 is 15.5 Å². The van der Waals surface area contributed by atoms with E-state index in [-0.39, 0.29) is 18.2 Å². The Morgan fingerprint density at radius 1 is 1.30 bits per heavy atom. The summed E-state index contributed by atoms with van der Waals surface area (Å²) in [5.74, 6) is 0. The quantitative estimate of drug-likeness (QED) is 0.874. The lowest BCUT2D eigenvalue weighted by Gasteiger charge is -2.12. The highest BCUT2D eigenvalue weighted by atomic mass is 16.6. The minimum Gasteiger partial charge on any atom is -0.442 e. The summed E-state index contributed by atoms with van der Waals surface area (Å²) in [5.41, 5.74) is 0.808. The number of hydrogen-bond donors (Lipinski definition) is 2. The number of nitrogens with one attached hydrogen (secondary N) is 2. The van der Waals surface area contributed by atoms with E-state index in [1.165, 1.54) is 0 Å². The number of amides is 3. The van der Waals surface area contributed by atoms with Crippen LogP contribution in [-0.4, -0.2) is 37.4 Å². The van der Waals surface area contributed by atoms with Gasteiger partial charge in [-0.3, -0.25) is 4.90 Å². The Bertz CT molecular complexity index is 502. The van der Waals surface area contributed by atoms with Crippen LogP contribution in [0.5, 0.6) is 0 Å². The first-order valence-corrected chi connectivity index (χ1v) is 6.80. The number of benzene rings is 1. The van der Waals surface area contributed by atoms with Crippen molar-refractivity contribution in [2.75, 3.05) is 18.0 Å². The molecule has 2 aliphatic rings. The summed E-state index contributed by atoms with van der Waals surface area (Å²) in [6.07, 6.45) is 1.42. The molecular weight excluding hydrogens is 258 g/mol. The van der Waals surface area contributed by atoms with Crippen molar-refractivity contribution in [2.45, 2.75) is 25.0 Å². The van der Waals surface area contributed by atoms with Gasteiger partial charge in [0.1, 0.15) is 6.10 Å². The number of urea groups is 1. The van der Waals surface area contributed by atoms with Gasteiger partial charge in [0.05, 0.1) is 13.1 Å². The van der Waals surface area contributed by atoms with Crippen LogP contribution >= 0.6 is 0 Å². The Kier molecular flexibility index (Phi) is 3.45. The summed E-state index contributed by atoms with van der Waals surface area (Å²) in [7, 11) is 0. The van der Waals surface area contributed by atoms with Gasteiger partial charge in [0.25, 0.3) is 0 Å². The maximum absolute atomic E-state index is 11.8. The molecule has 0 radical (unpaired) electrons. The predicted octanol–water partition coefficient (Wildman–Crippen LogP) is 1.47. The minimum atomic E-state index is -0.370. The lowest BCUT2D eigenvalue weighted by atomic mass is 10.3. The van der Waals surface area contributed by atoms with Crippen molar-refractivity contribution in [1.29, 1.82) is 0 Å². The number of cyclic esters (lactones) is 1. The van der Waals surface area contributed by atoms with Crippen LogP contribution in [0.1, 0.15) is 12.8 Å². The van der Waals surface area contributed by atoms with Gasteiger partial charge in [-0.15, -0.1) is 0 Å². The van der Waals surface area contributed by atoms with Gasteiger partial charge in [-0.1, -0.05) is 18.2 Å². The zero-order chi connectivity index (χ0) is 13.9. The highest BCUT2D eigenvalue weighted by Gasteiger charge is 2.32. The molecule has 1 saturated carbocycles. The van der Waals surface area contributed by atoms with E-state index >= 15 is 0 Å². The monoisotopic (exact) mass is 275 g/mol. The Balaban J connectivity index is 1.50. The van der Waals surface area contributed by atoms with Gasteiger partial charge in [0.15, 0.2) is 0 Å². The summed E-state index contributed by atoms with van der Waals surface area (Å²) in [6.45, 7) is 0.778. The maximum Gasteiger partial charge on any atom is 0.414 e. The molecule has 6 heteroatoms. The molecule has 1 unspecified atom stereocenters. The molecule has 0 aromatic heterocycles. The molecule has 1 atom stereocenters. The van der Waals surface area contributed by atoms with Crippen LogP contribution in [0, 0.1) is 0 Å². The molecule has 1 saturated heterocycles. The molecule has 2 fully saturated rings. The van der Waals surface area contributed by atoms with Crippen molar-refractivity contribution >= 4 is 17.8 Å². The molecular formula is C14H17N3O3. The van der Waals surface area contributed by atoms with E-state index in [2.05, 4.69) is 10.6 Å². The average Bonchev–Trinajstić information content (AvgIpc) is 3.18. The van der Waals surface area contributed by atoms with E-state index in [1.54, 1.807) is 4.90 Å². The highest BCUT2D eigenvalue weighted by molar-refractivity contribution is 5.89. The van der Waals surface area contributed by atoms with Gasteiger partial charge in [0, 0.05) is 11.7 Å². The lowest BCUT2D eigenvalue weighted by molar-refractivity contribution is 0.140. The zero-order valence-corrected chi connectivity index (χ0v) is 11.0. The highest BCUT2D eigenvalue weighted by Crippen LogP contribution is 2.21. The SMILES string of the molecule is O=C(NCC1CN(c2ccccc2)C(=O)O1)NC1CC1. The van der Waals surface area contributed by atoms with E-state index in [1.807, 2.05) is 30.3 Å². The van der Waals surface area contributed by atoms with Crippen molar-refractivity contribution in [3.63, 3.8) is 0 Å². The van der Waals surface area contributed by atoms with E-state index in [0.717, 1.165) is 18.5 Å². The summed E-state index contributed by atoms with van der Waals surface area (Å²) in [4.78, 5) is 24.9. The van der Waals surface area contributed by atoms with Crippen LogP contribution in [-0.2, 0) is 4.74 Å². The van der Waals surface area contributed by atoms with Crippen molar-refractivity contribution in [2.24, 2.45) is 0 Å². The topological polar surface area (TPSA) is 70.7 Å². The molecule has 3 amide bonds. The van der Waals surface area contributed by atoms with Crippen LogP contribution in [0.25, 0.3) is 0 Å². The molecule has 6 nitrogen and oxygen atoms in total. The molecule has 106 valence electrons. The Hall–Kier alpha value is -2.24. The second-order valence-corrected chi connectivity index (χ2v) is 5.08. The third-order valence-electron chi connectivity index (χ3n) is 3.34. The third kappa shape index (κ3) is 3.01. The van der Waals surface area contributed by atoms with Crippen LogP contribution in [0.2, 0.25) is 0 Å². The normalized spacial score (nSPS) is 21.5.